The number of amides is 1. The molecular weight excluding hydrogens is 252 g/mol. The first-order chi connectivity index (χ1) is 9.68. The molecule has 0 aliphatic heterocycles. The van der Waals surface area contributed by atoms with E-state index in [0.717, 1.165) is 37.8 Å². The lowest BCUT2D eigenvalue weighted by molar-refractivity contribution is -0.129. The lowest BCUT2D eigenvalue weighted by Gasteiger charge is -2.29. The largest absolute Gasteiger partial charge is 0.355 e. The fraction of sp³-hybridized carbons (Fsp3) is 0.667. The molecule has 0 bridgehead atoms. The van der Waals surface area contributed by atoms with E-state index in [1.165, 1.54) is 5.56 Å². The molecule has 1 aromatic heterocycles. The van der Waals surface area contributed by atoms with Gasteiger partial charge in [-0.1, -0.05) is 19.3 Å². The van der Waals surface area contributed by atoms with Crippen LogP contribution in [0.15, 0.2) is 6.20 Å². The highest BCUT2D eigenvalue weighted by atomic mass is 16.2. The number of H-pyrrole nitrogens is 1. The third-order valence-electron chi connectivity index (χ3n) is 4.20. The minimum atomic E-state index is -0.774. The summed E-state index contributed by atoms with van der Waals surface area (Å²) in [5.41, 5.74) is 1.49. The first-order valence-corrected chi connectivity index (χ1v) is 7.36. The van der Waals surface area contributed by atoms with E-state index < -0.39 is 5.41 Å². The molecule has 0 radical (unpaired) electrons. The zero-order chi connectivity index (χ0) is 14.4. The second-order valence-electron chi connectivity index (χ2n) is 5.63. The fourth-order valence-corrected chi connectivity index (χ4v) is 2.82. The maximum absolute atomic E-state index is 12.2. The van der Waals surface area contributed by atoms with Gasteiger partial charge in [0, 0.05) is 12.2 Å². The number of aryl methyl sites for hydroxylation is 2. The van der Waals surface area contributed by atoms with Gasteiger partial charge >= 0.3 is 0 Å². The SMILES string of the molecule is Cc1[nH]ncc1CCCNC(=O)C1(C#N)CCCCC1. The van der Waals surface area contributed by atoms with E-state index in [1.807, 2.05) is 13.1 Å². The zero-order valence-corrected chi connectivity index (χ0v) is 12.0. The van der Waals surface area contributed by atoms with Crippen LogP contribution in [0.5, 0.6) is 0 Å². The molecule has 1 saturated carbocycles. The van der Waals surface area contributed by atoms with E-state index in [4.69, 9.17) is 0 Å². The molecular formula is C15H22N4O. The number of carbonyl (C=O) groups excluding carboxylic acids is 1. The summed E-state index contributed by atoms with van der Waals surface area (Å²) < 4.78 is 0. The number of hydrogen-bond donors (Lipinski definition) is 2. The lowest BCUT2D eigenvalue weighted by Crippen LogP contribution is -2.41. The van der Waals surface area contributed by atoms with Gasteiger partial charge in [-0.05, 0) is 38.2 Å². The van der Waals surface area contributed by atoms with Crippen LogP contribution >= 0.6 is 0 Å². The molecule has 1 heterocycles. The average Bonchev–Trinajstić information content (AvgIpc) is 2.89. The number of aromatic nitrogens is 2. The van der Waals surface area contributed by atoms with Gasteiger partial charge in [-0.2, -0.15) is 10.4 Å². The Kier molecular flexibility index (Phi) is 4.78. The minimum absolute atomic E-state index is 0.0800. The van der Waals surface area contributed by atoms with Gasteiger partial charge in [0.25, 0.3) is 0 Å². The van der Waals surface area contributed by atoms with E-state index >= 15 is 0 Å². The Labute approximate surface area is 119 Å². The highest BCUT2D eigenvalue weighted by molar-refractivity contribution is 5.85. The molecule has 1 aliphatic rings. The second-order valence-corrected chi connectivity index (χ2v) is 5.63. The van der Waals surface area contributed by atoms with Crippen molar-refractivity contribution in [3.63, 3.8) is 0 Å². The van der Waals surface area contributed by atoms with Gasteiger partial charge in [0.15, 0.2) is 0 Å². The number of aromatic amines is 1. The first-order valence-electron chi connectivity index (χ1n) is 7.36. The Hall–Kier alpha value is -1.83. The molecule has 20 heavy (non-hydrogen) atoms. The maximum atomic E-state index is 12.2. The quantitative estimate of drug-likeness (QED) is 0.808. The van der Waals surface area contributed by atoms with Crippen LogP contribution in [-0.4, -0.2) is 22.6 Å². The smallest absolute Gasteiger partial charge is 0.240 e. The van der Waals surface area contributed by atoms with Gasteiger partial charge in [0.05, 0.1) is 12.3 Å². The van der Waals surface area contributed by atoms with Crippen LogP contribution in [0.1, 0.15) is 49.8 Å². The molecule has 1 fully saturated rings. The van der Waals surface area contributed by atoms with Crippen LogP contribution in [0.25, 0.3) is 0 Å². The van der Waals surface area contributed by atoms with Crippen molar-refractivity contribution in [2.75, 3.05) is 6.54 Å². The Bertz CT molecular complexity index is 494. The molecule has 0 aromatic carbocycles. The van der Waals surface area contributed by atoms with Crippen molar-refractivity contribution >= 4 is 5.91 Å². The van der Waals surface area contributed by atoms with Gasteiger partial charge in [0.2, 0.25) is 5.91 Å². The van der Waals surface area contributed by atoms with Crippen LogP contribution < -0.4 is 5.32 Å². The Morgan fingerprint density at radius 2 is 2.25 bits per heavy atom. The van der Waals surface area contributed by atoms with Crippen molar-refractivity contribution in [2.24, 2.45) is 5.41 Å². The molecule has 1 aromatic rings. The third-order valence-corrected chi connectivity index (χ3v) is 4.20. The first kappa shape index (κ1) is 14.6. The highest BCUT2D eigenvalue weighted by Crippen LogP contribution is 2.35. The zero-order valence-electron chi connectivity index (χ0n) is 12.0. The van der Waals surface area contributed by atoms with Crippen LogP contribution in [0.4, 0.5) is 0 Å². The second kappa shape index (κ2) is 6.56. The Morgan fingerprint density at radius 1 is 1.50 bits per heavy atom. The molecule has 0 unspecified atom stereocenters. The molecule has 1 aliphatic carbocycles. The summed E-state index contributed by atoms with van der Waals surface area (Å²) >= 11 is 0. The molecule has 0 atom stereocenters. The number of carbonyl (C=O) groups is 1. The fourth-order valence-electron chi connectivity index (χ4n) is 2.82. The van der Waals surface area contributed by atoms with E-state index in [0.29, 0.717) is 19.4 Å². The third kappa shape index (κ3) is 3.19. The molecule has 0 saturated heterocycles. The van der Waals surface area contributed by atoms with E-state index in [9.17, 15) is 10.1 Å². The van der Waals surface area contributed by atoms with Crippen molar-refractivity contribution in [3.8, 4) is 6.07 Å². The molecule has 5 heteroatoms. The molecule has 108 valence electrons. The normalized spacial score (nSPS) is 17.4. The van der Waals surface area contributed by atoms with Crippen LogP contribution in [0, 0.1) is 23.7 Å². The predicted octanol–water partition coefficient (Wildman–Crippen LogP) is 2.24. The summed E-state index contributed by atoms with van der Waals surface area (Å²) in [6.07, 6.45) is 8.10. The Morgan fingerprint density at radius 3 is 2.85 bits per heavy atom. The number of rotatable bonds is 5. The maximum Gasteiger partial charge on any atom is 0.240 e. The molecule has 5 nitrogen and oxygen atoms in total. The summed E-state index contributed by atoms with van der Waals surface area (Å²) in [6.45, 7) is 2.61. The monoisotopic (exact) mass is 274 g/mol. The standard InChI is InChI=1S/C15H22N4O/c1-12-13(10-18-19-12)6-5-9-17-14(20)15(11-16)7-3-2-4-8-15/h10H,2-9H2,1H3,(H,17,20)(H,18,19). The molecule has 2 N–H and O–H groups in total. The lowest BCUT2D eigenvalue weighted by atomic mass is 9.74. The van der Waals surface area contributed by atoms with E-state index in [1.54, 1.807) is 0 Å². The average molecular weight is 274 g/mol. The van der Waals surface area contributed by atoms with Crippen LogP contribution in [0.3, 0.4) is 0 Å². The van der Waals surface area contributed by atoms with Gasteiger partial charge < -0.3 is 5.32 Å². The summed E-state index contributed by atoms with van der Waals surface area (Å²) in [7, 11) is 0. The van der Waals surface area contributed by atoms with Crippen LogP contribution in [-0.2, 0) is 11.2 Å². The highest BCUT2D eigenvalue weighted by Gasteiger charge is 2.39. The van der Waals surface area contributed by atoms with Crippen molar-refractivity contribution in [1.29, 1.82) is 5.26 Å². The molecule has 2 rings (SSSR count). The number of nitrogens with one attached hydrogen (secondary N) is 2. The van der Waals surface area contributed by atoms with Gasteiger partial charge in [-0.15, -0.1) is 0 Å². The predicted molar refractivity (Wildman–Crippen MR) is 75.8 cm³/mol. The van der Waals surface area contributed by atoms with Gasteiger partial charge in [0.1, 0.15) is 5.41 Å². The summed E-state index contributed by atoms with van der Waals surface area (Å²) in [4.78, 5) is 12.2. The number of hydrogen-bond acceptors (Lipinski definition) is 3. The van der Waals surface area contributed by atoms with Crippen molar-refractivity contribution < 1.29 is 4.79 Å². The summed E-state index contributed by atoms with van der Waals surface area (Å²) in [5, 5.41) is 19.1. The number of nitriles is 1. The van der Waals surface area contributed by atoms with Gasteiger partial charge in [-0.3, -0.25) is 9.89 Å². The molecule has 0 spiro atoms. The van der Waals surface area contributed by atoms with Crippen LogP contribution in [0.2, 0.25) is 0 Å². The van der Waals surface area contributed by atoms with Crippen molar-refractivity contribution in [3.05, 3.63) is 17.5 Å². The van der Waals surface area contributed by atoms with E-state index in [2.05, 4.69) is 21.6 Å². The summed E-state index contributed by atoms with van der Waals surface area (Å²) in [6, 6.07) is 2.25. The van der Waals surface area contributed by atoms with E-state index in [-0.39, 0.29) is 5.91 Å². The minimum Gasteiger partial charge on any atom is -0.355 e. The number of nitrogens with zero attached hydrogens (tertiary/aromatic N) is 2. The summed E-state index contributed by atoms with van der Waals surface area (Å²) in [5.74, 6) is -0.0800. The topological polar surface area (TPSA) is 81.6 Å². The van der Waals surface area contributed by atoms with Gasteiger partial charge in [-0.25, -0.2) is 0 Å². The Balaban J connectivity index is 1.77. The van der Waals surface area contributed by atoms with Crippen molar-refractivity contribution in [2.45, 2.75) is 51.9 Å². The molecule has 1 amide bonds. The van der Waals surface area contributed by atoms with Crippen molar-refractivity contribution in [1.82, 2.24) is 15.5 Å².